The van der Waals surface area contributed by atoms with Crippen molar-refractivity contribution in [2.24, 2.45) is 0 Å². The SMILES string of the molecule is CC(=O)Nc1ccc(N2CCN(C=O)CC2)cc1. The second-order valence-electron chi connectivity index (χ2n) is 4.36. The minimum absolute atomic E-state index is 0.0673. The van der Waals surface area contributed by atoms with Gasteiger partial charge >= 0.3 is 0 Å². The summed E-state index contributed by atoms with van der Waals surface area (Å²) in [5.74, 6) is -0.0673. The van der Waals surface area contributed by atoms with Crippen molar-refractivity contribution in [3.05, 3.63) is 24.3 Å². The van der Waals surface area contributed by atoms with Crippen LogP contribution in [0.3, 0.4) is 0 Å². The molecule has 1 aliphatic rings. The molecule has 0 spiro atoms. The molecule has 18 heavy (non-hydrogen) atoms. The summed E-state index contributed by atoms with van der Waals surface area (Å²) < 4.78 is 0. The van der Waals surface area contributed by atoms with Crippen LogP contribution in [-0.2, 0) is 9.59 Å². The van der Waals surface area contributed by atoms with Gasteiger partial charge in [-0.2, -0.15) is 0 Å². The Bertz CT molecular complexity index is 422. The Hall–Kier alpha value is -2.04. The van der Waals surface area contributed by atoms with Gasteiger partial charge in [-0.05, 0) is 24.3 Å². The number of hydrogen-bond donors (Lipinski definition) is 1. The smallest absolute Gasteiger partial charge is 0.221 e. The molecule has 5 heteroatoms. The summed E-state index contributed by atoms with van der Waals surface area (Å²) in [5.41, 5.74) is 1.92. The van der Waals surface area contributed by atoms with Crippen LogP contribution < -0.4 is 10.2 Å². The van der Waals surface area contributed by atoms with E-state index in [1.165, 1.54) is 6.92 Å². The second-order valence-corrected chi connectivity index (χ2v) is 4.36. The van der Waals surface area contributed by atoms with Gasteiger partial charge in [-0.3, -0.25) is 9.59 Å². The number of piperazine rings is 1. The zero-order valence-corrected chi connectivity index (χ0v) is 10.4. The summed E-state index contributed by atoms with van der Waals surface area (Å²) in [6.45, 7) is 4.71. The van der Waals surface area contributed by atoms with Gasteiger partial charge in [-0.15, -0.1) is 0 Å². The van der Waals surface area contributed by atoms with Crippen molar-refractivity contribution in [1.82, 2.24) is 4.90 Å². The lowest BCUT2D eigenvalue weighted by Gasteiger charge is -2.34. The van der Waals surface area contributed by atoms with Gasteiger partial charge in [-0.1, -0.05) is 0 Å². The van der Waals surface area contributed by atoms with Crippen LogP contribution in [0, 0.1) is 0 Å². The molecule has 0 bridgehead atoms. The van der Waals surface area contributed by atoms with Crippen molar-refractivity contribution < 1.29 is 9.59 Å². The number of benzene rings is 1. The van der Waals surface area contributed by atoms with Crippen molar-refractivity contribution in [3.63, 3.8) is 0 Å². The molecule has 0 radical (unpaired) electrons. The maximum Gasteiger partial charge on any atom is 0.221 e. The Morgan fingerprint density at radius 3 is 2.28 bits per heavy atom. The highest BCUT2D eigenvalue weighted by molar-refractivity contribution is 5.88. The van der Waals surface area contributed by atoms with Crippen LogP contribution in [0.15, 0.2) is 24.3 Å². The largest absolute Gasteiger partial charge is 0.368 e. The number of carbonyl (C=O) groups excluding carboxylic acids is 2. The van der Waals surface area contributed by atoms with E-state index in [0.29, 0.717) is 0 Å². The average Bonchev–Trinajstić information content (AvgIpc) is 2.39. The van der Waals surface area contributed by atoms with Crippen LogP contribution in [-0.4, -0.2) is 43.4 Å². The molecule has 0 aliphatic carbocycles. The van der Waals surface area contributed by atoms with Gasteiger partial charge in [0.1, 0.15) is 0 Å². The number of carbonyl (C=O) groups is 2. The first kappa shape index (κ1) is 12.4. The van der Waals surface area contributed by atoms with Crippen LogP contribution in [0.25, 0.3) is 0 Å². The molecule has 1 aromatic rings. The predicted octanol–water partition coefficient (Wildman–Crippen LogP) is 0.923. The van der Waals surface area contributed by atoms with Crippen LogP contribution in [0.4, 0.5) is 11.4 Å². The lowest BCUT2D eigenvalue weighted by Crippen LogP contribution is -2.45. The minimum Gasteiger partial charge on any atom is -0.368 e. The van der Waals surface area contributed by atoms with Gasteiger partial charge in [0.15, 0.2) is 0 Å². The van der Waals surface area contributed by atoms with Gasteiger partial charge < -0.3 is 15.1 Å². The van der Waals surface area contributed by atoms with E-state index in [-0.39, 0.29) is 5.91 Å². The fraction of sp³-hybridized carbons (Fsp3) is 0.385. The molecule has 1 aromatic carbocycles. The summed E-state index contributed by atoms with van der Waals surface area (Å²) >= 11 is 0. The molecule has 1 fully saturated rings. The molecule has 2 rings (SSSR count). The Morgan fingerprint density at radius 2 is 1.78 bits per heavy atom. The van der Waals surface area contributed by atoms with E-state index in [4.69, 9.17) is 0 Å². The number of hydrogen-bond acceptors (Lipinski definition) is 3. The Labute approximate surface area is 106 Å². The third kappa shape index (κ3) is 3.00. The van der Waals surface area contributed by atoms with E-state index in [0.717, 1.165) is 44.0 Å². The average molecular weight is 247 g/mol. The van der Waals surface area contributed by atoms with Gasteiger partial charge in [-0.25, -0.2) is 0 Å². The molecule has 0 saturated carbocycles. The van der Waals surface area contributed by atoms with Crippen molar-refractivity contribution >= 4 is 23.7 Å². The molecule has 0 aromatic heterocycles. The highest BCUT2D eigenvalue weighted by Crippen LogP contribution is 2.19. The fourth-order valence-corrected chi connectivity index (χ4v) is 2.04. The maximum absolute atomic E-state index is 10.9. The minimum atomic E-state index is -0.0673. The summed E-state index contributed by atoms with van der Waals surface area (Å²) in [6.07, 6.45) is 0.900. The summed E-state index contributed by atoms with van der Waals surface area (Å²) in [6, 6.07) is 7.76. The van der Waals surface area contributed by atoms with E-state index in [1.54, 1.807) is 4.90 Å². The van der Waals surface area contributed by atoms with Gasteiger partial charge in [0.25, 0.3) is 0 Å². The van der Waals surface area contributed by atoms with Crippen LogP contribution in [0.1, 0.15) is 6.92 Å². The third-order valence-electron chi connectivity index (χ3n) is 3.02. The lowest BCUT2D eigenvalue weighted by molar-refractivity contribution is -0.118. The number of nitrogens with zero attached hydrogens (tertiary/aromatic N) is 2. The number of amides is 2. The van der Waals surface area contributed by atoms with Crippen molar-refractivity contribution in [1.29, 1.82) is 0 Å². The molecule has 1 N–H and O–H groups in total. The monoisotopic (exact) mass is 247 g/mol. The fourth-order valence-electron chi connectivity index (χ4n) is 2.04. The van der Waals surface area contributed by atoms with Crippen molar-refractivity contribution in [2.75, 3.05) is 36.4 Å². The van der Waals surface area contributed by atoms with E-state index < -0.39 is 0 Å². The van der Waals surface area contributed by atoms with Gasteiger partial charge in [0.05, 0.1) is 0 Å². The Morgan fingerprint density at radius 1 is 1.17 bits per heavy atom. The zero-order valence-electron chi connectivity index (χ0n) is 10.4. The van der Waals surface area contributed by atoms with E-state index >= 15 is 0 Å². The summed E-state index contributed by atoms with van der Waals surface area (Å²) in [4.78, 5) is 25.5. The number of nitrogens with one attached hydrogen (secondary N) is 1. The van der Waals surface area contributed by atoms with Gasteiger partial charge in [0, 0.05) is 44.5 Å². The number of anilines is 2. The summed E-state index contributed by atoms with van der Waals surface area (Å²) in [7, 11) is 0. The molecule has 1 saturated heterocycles. The summed E-state index contributed by atoms with van der Waals surface area (Å²) in [5, 5.41) is 2.74. The molecular formula is C13H17N3O2. The third-order valence-corrected chi connectivity index (χ3v) is 3.02. The Kier molecular flexibility index (Phi) is 3.82. The van der Waals surface area contributed by atoms with E-state index in [2.05, 4.69) is 10.2 Å². The molecule has 0 atom stereocenters. The van der Waals surface area contributed by atoms with Crippen LogP contribution in [0.2, 0.25) is 0 Å². The quantitative estimate of drug-likeness (QED) is 0.808. The van der Waals surface area contributed by atoms with Crippen molar-refractivity contribution in [3.8, 4) is 0 Å². The molecule has 1 heterocycles. The molecular weight excluding hydrogens is 230 g/mol. The Balaban J connectivity index is 1.97. The second kappa shape index (κ2) is 5.53. The topological polar surface area (TPSA) is 52.7 Å². The first-order valence-electron chi connectivity index (χ1n) is 6.01. The van der Waals surface area contributed by atoms with Crippen LogP contribution in [0.5, 0.6) is 0 Å². The zero-order chi connectivity index (χ0) is 13.0. The van der Waals surface area contributed by atoms with E-state index in [1.807, 2.05) is 24.3 Å². The van der Waals surface area contributed by atoms with Crippen molar-refractivity contribution in [2.45, 2.75) is 6.92 Å². The highest BCUT2D eigenvalue weighted by atomic mass is 16.1. The normalized spacial score (nSPS) is 15.4. The van der Waals surface area contributed by atoms with Crippen LogP contribution >= 0.6 is 0 Å². The first-order chi connectivity index (χ1) is 8.69. The predicted molar refractivity (Wildman–Crippen MR) is 70.6 cm³/mol. The molecule has 2 amide bonds. The highest BCUT2D eigenvalue weighted by Gasteiger charge is 2.15. The lowest BCUT2D eigenvalue weighted by atomic mass is 10.2. The first-order valence-corrected chi connectivity index (χ1v) is 6.01. The molecule has 0 unspecified atom stereocenters. The standard InChI is InChI=1S/C13H17N3O2/c1-11(18)14-12-2-4-13(5-3-12)16-8-6-15(10-17)7-9-16/h2-5,10H,6-9H2,1H3,(H,14,18). The van der Waals surface area contributed by atoms with E-state index in [9.17, 15) is 9.59 Å². The maximum atomic E-state index is 10.9. The number of rotatable bonds is 3. The molecule has 1 aliphatic heterocycles. The van der Waals surface area contributed by atoms with Gasteiger partial charge in [0.2, 0.25) is 12.3 Å². The molecule has 5 nitrogen and oxygen atoms in total. The molecule has 96 valence electrons.